The standard InChI is InChI=1S/C14H14N2O4/c1-2-5-16-7-10(14(17)18)13(15-16)9-3-4-11-12(6-9)20-8-19-11/h3-4,6-7H,2,5,8H2,1H3,(H,17,18). The third-order valence-electron chi connectivity index (χ3n) is 3.09. The summed E-state index contributed by atoms with van der Waals surface area (Å²) >= 11 is 0. The molecule has 0 saturated heterocycles. The van der Waals surface area contributed by atoms with Crippen LogP contribution in [0.5, 0.6) is 11.5 Å². The molecule has 0 atom stereocenters. The van der Waals surface area contributed by atoms with Gasteiger partial charge in [-0.3, -0.25) is 4.68 Å². The van der Waals surface area contributed by atoms with Crippen molar-refractivity contribution < 1.29 is 19.4 Å². The van der Waals surface area contributed by atoms with Crippen LogP contribution in [-0.4, -0.2) is 27.6 Å². The number of nitrogens with zero attached hydrogens (tertiary/aromatic N) is 2. The van der Waals surface area contributed by atoms with Gasteiger partial charge >= 0.3 is 5.97 Å². The number of aromatic carboxylic acids is 1. The summed E-state index contributed by atoms with van der Waals surface area (Å²) in [5, 5.41) is 13.6. The zero-order chi connectivity index (χ0) is 14.1. The lowest BCUT2D eigenvalue weighted by molar-refractivity contribution is 0.0697. The van der Waals surface area contributed by atoms with Crippen LogP contribution in [0.1, 0.15) is 23.7 Å². The van der Waals surface area contributed by atoms with E-state index in [4.69, 9.17) is 9.47 Å². The van der Waals surface area contributed by atoms with Crippen LogP contribution in [0.3, 0.4) is 0 Å². The zero-order valence-electron chi connectivity index (χ0n) is 11.0. The van der Waals surface area contributed by atoms with Gasteiger partial charge in [-0.05, 0) is 24.6 Å². The van der Waals surface area contributed by atoms with Crippen LogP contribution < -0.4 is 9.47 Å². The van der Waals surface area contributed by atoms with Gasteiger partial charge in [0.05, 0.1) is 0 Å². The quantitative estimate of drug-likeness (QED) is 0.926. The number of hydrogen-bond acceptors (Lipinski definition) is 4. The van der Waals surface area contributed by atoms with Gasteiger partial charge in [0.1, 0.15) is 11.3 Å². The maximum Gasteiger partial charge on any atom is 0.339 e. The fourth-order valence-electron chi connectivity index (χ4n) is 2.18. The number of benzene rings is 1. The van der Waals surface area contributed by atoms with Crippen molar-refractivity contribution in [3.8, 4) is 22.8 Å². The highest BCUT2D eigenvalue weighted by Crippen LogP contribution is 2.36. The molecular formula is C14H14N2O4. The summed E-state index contributed by atoms with van der Waals surface area (Å²) in [5.41, 5.74) is 1.35. The highest BCUT2D eigenvalue weighted by Gasteiger charge is 2.20. The number of carbonyl (C=O) groups is 1. The molecule has 0 radical (unpaired) electrons. The molecule has 0 spiro atoms. The van der Waals surface area contributed by atoms with E-state index in [0.717, 1.165) is 6.42 Å². The SMILES string of the molecule is CCCn1cc(C(=O)O)c(-c2ccc3c(c2)OCO3)n1. The molecule has 0 amide bonds. The Kier molecular flexibility index (Phi) is 3.06. The Morgan fingerprint density at radius 2 is 2.20 bits per heavy atom. The van der Waals surface area contributed by atoms with Crippen LogP contribution in [0.25, 0.3) is 11.3 Å². The predicted molar refractivity (Wildman–Crippen MR) is 71.0 cm³/mol. The van der Waals surface area contributed by atoms with E-state index in [2.05, 4.69) is 5.10 Å². The smallest absolute Gasteiger partial charge is 0.339 e. The Morgan fingerprint density at radius 3 is 2.95 bits per heavy atom. The molecule has 1 N–H and O–H groups in total. The van der Waals surface area contributed by atoms with Gasteiger partial charge in [0.25, 0.3) is 0 Å². The topological polar surface area (TPSA) is 73.6 Å². The van der Waals surface area contributed by atoms with Gasteiger partial charge in [0.15, 0.2) is 11.5 Å². The Hall–Kier alpha value is -2.50. The molecule has 1 aliphatic heterocycles. The van der Waals surface area contributed by atoms with E-state index in [1.54, 1.807) is 29.1 Å². The van der Waals surface area contributed by atoms with Crippen LogP contribution in [0.2, 0.25) is 0 Å². The van der Waals surface area contributed by atoms with Crippen molar-refractivity contribution in [1.29, 1.82) is 0 Å². The van der Waals surface area contributed by atoms with Crippen molar-refractivity contribution in [3.63, 3.8) is 0 Å². The Bertz CT molecular complexity index is 663. The Labute approximate surface area is 115 Å². The summed E-state index contributed by atoms with van der Waals surface area (Å²) in [7, 11) is 0. The summed E-state index contributed by atoms with van der Waals surface area (Å²) in [6, 6.07) is 5.31. The first-order valence-corrected chi connectivity index (χ1v) is 6.40. The second-order valence-corrected chi connectivity index (χ2v) is 4.53. The molecule has 2 aromatic rings. The van der Waals surface area contributed by atoms with Gasteiger partial charge in [-0.1, -0.05) is 6.92 Å². The van der Waals surface area contributed by atoms with Crippen LogP contribution in [0.4, 0.5) is 0 Å². The van der Waals surface area contributed by atoms with E-state index in [0.29, 0.717) is 29.3 Å². The first-order chi connectivity index (χ1) is 9.69. The molecule has 6 heteroatoms. The van der Waals surface area contributed by atoms with Crippen LogP contribution in [0.15, 0.2) is 24.4 Å². The van der Waals surface area contributed by atoms with Crippen LogP contribution >= 0.6 is 0 Å². The second-order valence-electron chi connectivity index (χ2n) is 4.53. The molecule has 104 valence electrons. The highest BCUT2D eigenvalue weighted by atomic mass is 16.7. The van der Waals surface area contributed by atoms with Crippen molar-refractivity contribution in [2.45, 2.75) is 19.9 Å². The molecule has 0 fully saturated rings. The fraction of sp³-hybridized carbons (Fsp3) is 0.286. The molecule has 0 unspecified atom stereocenters. The van der Waals surface area contributed by atoms with Crippen LogP contribution in [-0.2, 0) is 6.54 Å². The largest absolute Gasteiger partial charge is 0.478 e. The number of fused-ring (bicyclic) bond motifs is 1. The first-order valence-electron chi connectivity index (χ1n) is 6.40. The maximum absolute atomic E-state index is 11.3. The van der Waals surface area contributed by atoms with Crippen LogP contribution in [0, 0.1) is 0 Å². The Morgan fingerprint density at radius 1 is 1.40 bits per heavy atom. The minimum atomic E-state index is -0.986. The summed E-state index contributed by atoms with van der Waals surface area (Å²) in [4.78, 5) is 11.3. The molecule has 1 aromatic heterocycles. The van der Waals surface area contributed by atoms with Crippen molar-refractivity contribution in [2.75, 3.05) is 6.79 Å². The van der Waals surface area contributed by atoms with Gasteiger partial charge < -0.3 is 14.6 Å². The van der Waals surface area contributed by atoms with Gasteiger partial charge in [-0.2, -0.15) is 5.10 Å². The molecule has 1 aromatic carbocycles. The van der Waals surface area contributed by atoms with Crippen molar-refractivity contribution >= 4 is 5.97 Å². The first kappa shape index (κ1) is 12.5. The van der Waals surface area contributed by atoms with Gasteiger partial charge in [0, 0.05) is 18.3 Å². The number of carboxylic acid groups (broad SMARTS) is 1. The highest BCUT2D eigenvalue weighted by molar-refractivity contribution is 5.94. The molecule has 1 aliphatic rings. The molecule has 3 rings (SSSR count). The maximum atomic E-state index is 11.3. The number of aryl methyl sites for hydroxylation is 1. The van der Waals surface area contributed by atoms with E-state index in [1.807, 2.05) is 6.92 Å². The molecule has 0 saturated carbocycles. The minimum absolute atomic E-state index is 0.189. The third-order valence-corrected chi connectivity index (χ3v) is 3.09. The average Bonchev–Trinajstić information content (AvgIpc) is 3.04. The van der Waals surface area contributed by atoms with E-state index < -0.39 is 5.97 Å². The van der Waals surface area contributed by atoms with E-state index in [9.17, 15) is 9.90 Å². The van der Waals surface area contributed by atoms with E-state index >= 15 is 0 Å². The fourth-order valence-corrected chi connectivity index (χ4v) is 2.18. The molecule has 0 bridgehead atoms. The lowest BCUT2D eigenvalue weighted by Crippen LogP contribution is -1.97. The number of ether oxygens (including phenoxy) is 2. The average molecular weight is 274 g/mol. The normalized spacial score (nSPS) is 12.7. The number of carboxylic acids is 1. The summed E-state index contributed by atoms with van der Waals surface area (Å²) in [6.07, 6.45) is 2.45. The molecule has 0 aliphatic carbocycles. The molecule has 20 heavy (non-hydrogen) atoms. The summed E-state index contributed by atoms with van der Waals surface area (Å²) < 4.78 is 12.2. The number of aromatic nitrogens is 2. The Balaban J connectivity index is 2.06. The van der Waals surface area contributed by atoms with Gasteiger partial charge in [-0.15, -0.1) is 0 Å². The van der Waals surface area contributed by atoms with Crippen molar-refractivity contribution in [2.24, 2.45) is 0 Å². The van der Waals surface area contributed by atoms with Gasteiger partial charge in [0.2, 0.25) is 6.79 Å². The number of hydrogen-bond donors (Lipinski definition) is 1. The van der Waals surface area contributed by atoms with Crippen molar-refractivity contribution in [1.82, 2.24) is 9.78 Å². The van der Waals surface area contributed by atoms with E-state index in [-0.39, 0.29) is 12.4 Å². The summed E-state index contributed by atoms with van der Waals surface area (Å²) in [6.45, 7) is 2.89. The van der Waals surface area contributed by atoms with Crippen molar-refractivity contribution in [3.05, 3.63) is 30.0 Å². The minimum Gasteiger partial charge on any atom is -0.478 e. The zero-order valence-corrected chi connectivity index (χ0v) is 11.0. The lowest BCUT2D eigenvalue weighted by atomic mass is 10.1. The third kappa shape index (κ3) is 2.09. The molecular weight excluding hydrogens is 260 g/mol. The predicted octanol–water partition coefficient (Wildman–Crippen LogP) is 2.39. The lowest BCUT2D eigenvalue weighted by Gasteiger charge is -2.01. The monoisotopic (exact) mass is 274 g/mol. The molecule has 6 nitrogen and oxygen atoms in total. The second kappa shape index (κ2) is 4.88. The number of rotatable bonds is 4. The summed E-state index contributed by atoms with van der Waals surface area (Å²) in [5.74, 6) is 0.294. The van der Waals surface area contributed by atoms with E-state index in [1.165, 1.54) is 0 Å². The molecule has 2 heterocycles. The van der Waals surface area contributed by atoms with Gasteiger partial charge in [-0.25, -0.2) is 4.79 Å².